The number of anilines is 1. The van der Waals surface area contributed by atoms with E-state index in [2.05, 4.69) is 10.3 Å². The summed E-state index contributed by atoms with van der Waals surface area (Å²) in [5, 5.41) is 2.70. The second-order valence-electron chi connectivity index (χ2n) is 6.51. The summed E-state index contributed by atoms with van der Waals surface area (Å²) in [6.45, 7) is -0.399. The summed E-state index contributed by atoms with van der Waals surface area (Å²) < 4.78 is 12.5. The predicted molar refractivity (Wildman–Crippen MR) is 112 cm³/mol. The fourth-order valence-electron chi connectivity index (χ4n) is 2.93. The third-order valence-electron chi connectivity index (χ3n) is 4.29. The Labute approximate surface area is 172 Å². The van der Waals surface area contributed by atoms with Crippen molar-refractivity contribution in [3.63, 3.8) is 0 Å². The molecule has 0 aliphatic heterocycles. The van der Waals surface area contributed by atoms with Crippen LogP contribution in [-0.4, -0.2) is 28.0 Å². The zero-order chi connectivity index (χ0) is 20.8. The van der Waals surface area contributed by atoms with Crippen molar-refractivity contribution in [3.05, 3.63) is 85.2 Å². The Bertz CT molecular complexity index is 1170. The molecule has 1 heterocycles. The molecule has 0 unspecified atom stereocenters. The van der Waals surface area contributed by atoms with E-state index in [4.69, 9.17) is 9.47 Å². The number of amides is 1. The molecule has 0 saturated heterocycles. The molecule has 1 aromatic heterocycles. The summed E-state index contributed by atoms with van der Waals surface area (Å²) in [5.41, 5.74) is 2.17. The minimum absolute atomic E-state index is 0.0196. The van der Waals surface area contributed by atoms with Crippen LogP contribution in [0.1, 0.15) is 0 Å². The number of hydrogen-bond donors (Lipinski definition) is 1. The number of ether oxygens (including phenoxy) is 2. The van der Waals surface area contributed by atoms with Gasteiger partial charge in [-0.05, 0) is 36.4 Å². The van der Waals surface area contributed by atoms with Gasteiger partial charge in [0.05, 0.1) is 17.4 Å². The minimum atomic E-state index is -0.519. The van der Waals surface area contributed by atoms with E-state index >= 15 is 0 Å². The summed E-state index contributed by atoms with van der Waals surface area (Å²) in [5.74, 6) is 0.329. The number of rotatable bonds is 7. The average molecular weight is 401 g/mol. The highest BCUT2D eigenvalue weighted by atomic mass is 16.5. The van der Waals surface area contributed by atoms with Gasteiger partial charge in [-0.3, -0.25) is 9.59 Å². The zero-order valence-electron chi connectivity index (χ0n) is 16.0. The van der Waals surface area contributed by atoms with Crippen LogP contribution in [0, 0.1) is 0 Å². The van der Waals surface area contributed by atoms with E-state index in [1.165, 1.54) is 0 Å². The molecule has 0 atom stereocenters. The van der Waals surface area contributed by atoms with Crippen molar-refractivity contribution >= 4 is 28.6 Å². The highest BCUT2D eigenvalue weighted by Crippen LogP contribution is 2.23. The summed E-state index contributed by atoms with van der Waals surface area (Å²) >= 11 is 0. The third-order valence-corrected chi connectivity index (χ3v) is 4.29. The molecule has 3 aromatic carbocycles. The summed E-state index contributed by atoms with van der Waals surface area (Å²) in [6.07, 6.45) is 1.57. The lowest BCUT2D eigenvalue weighted by atomic mass is 10.3. The first-order chi connectivity index (χ1) is 14.7. The molecule has 7 nitrogen and oxygen atoms in total. The molecule has 0 spiro atoms. The van der Waals surface area contributed by atoms with E-state index in [0.29, 0.717) is 17.2 Å². The number of fused-ring (bicyclic) bond motifs is 1. The van der Waals surface area contributed by atoms with Crippen molar-refractivity contribution in [1.82, 2.24) is 9.55 Å². The lowest BCUT2D eigenvalue weighted by Crippen LogP contribution is -2.22. The number of carbonyl (C=O) groups excluding carboxylic acids is 2. The number of para-hydroxylation sites is 3. The van der Waals surface area contributed by atoms with Crippen molar-refractivity contribution < 1.29 is 19.1 Å². The van der Waals surface area contributed by atoms with E-state index in [-0.39, 0.29) is 13.2 Å². The van der Waals surface area contributed by atoms with Crippen LogP contribution in [0.2, 0.25) is 0 Å². The van der Waals surface area contributed by atoms with Gasteiger partial charge in [0.2, 0.25) is 0 Å². The maximum atomic E-state index is 12.2. The van der Waals surface area contributed by atoms with Crippen molar-refractivity contribution in [2.75, 3.05) is 11.9 Å². The maximum Gasteiger partial charge on any atom is 0.326 e. The molecule has 30 heavy (non-hydrogen) atoms. The number of carbonyl (C=O) groups is 2. The minimum Gasteiger partial charge on any atom is -0.457 e. The molecule has 0 fully saturated rings. The van der Waals surface area contributed by atoms with Gasteiger partial charge in [0.15, 0.2) is 6.61 Å². The van der Waals surface area contributed by atoms with E-state index < -0.39 is 11.9 Å². The topological polar surface area (TPSA) is 82.5 Å². The normalized spacial score (nSPS) is 10.5. The molecule has 0 aliphatic carbocycles. The van der Waals surface area contributed by atoms with Crippen molar-refractivity contribution in [2.45, 2.75) is 6.54 Å². The lowest BCUT2D eigenvalue weighted by Gasteiger charge is -2.10. The SMILES string of the molecule is O=C(COC(=O)Cn1cnc2ccccc21)Nc1cccc(Oc2ccccc2)c1. The standard InChI is InChI=1S/C23H19N3O4/c27-22(15-29-23(28)14-26-16-24-20-11-4-5-12-21(20)26)25-17-7-6-10-19(13-17)30-18-8-2-1-3-9-18/h1-13,16H,14-15H2,(H,25,27). The smallest absolute Gasteiger partial charge is 0.326 e. The largest absolute Gasteiger partial charge is 0.457 e. The number of imidazole rings is 1. The number of esters is 1. The van der Waals surface area contributed by atoms with Gasteiger partial charge >= 0.3 is 5.97 Å². The van der Waals surface area contributed by atoms with Crippen molar-refractivity contribution in [3.8, 4) is 11.5 Å². The second-order valence-corrected chi connectivity index (χ2v) is 6.51. The molecule has 1 N–H and O–H groups in total. The van der Waals surface area contributed by atoms with Crippen LogP contribution in [0.3, 0.4) is 0 Å². The molecule has 0 saturated carbocycles. The number of hydrogen-bond acceptors (Lipinski definition) is 5. The molecule has 0 aliphatic rings. The van der Waals surface area contributed by atoms with Crippen LogP contribution in [0.25, 0.3) is 11.0 Å². The quantitative estimate of drug-likeness (QED) is 0.473. The Morgan fingerprint density at radius 1 is 0.900 bits per heavy atom. The molecule has 7 heteroatoms. The van der Waals surface area contributed by atoms with E-state index in [1.54, 1.807) is 35.2 Å². The Balaban J connectivity index is 1.29. The van der Waals surface area contributed by atoms with Crippen molar-refractivity contribution in [2.24, 2.45) is 0 Å². The van der Waals surface area contributed by atoms with Gasteiger partial charge in [0.1, 0.15) is 18.0 Å². The summed E-state index contributed by atoms with van der Waals surface area (Å²) in [6, 6.07) is 23.8. The van der Waals surface area contributed by atoms with E-state index in [1.807, 2.05) is 54.6 Å². The van der Waals surface area contributed by atoms with Crippen LogP contribution in [-0.2, 0) is 20.9 Å². The Morgan fingerprint density at radius 3 is 2.53 bits per heavy atom. The van der Waals surface area contributed by atoms with Gasteiger partial charge in [0.25, 0.3) is 5.91 Å². The monoisotopic (exact) mass is 401 g/mol. The maximum absolute atomic E-state index is 12.2. The molecule has 4 aromatic rings. The Hall–Kier alpha value is -4.13. The number of benzene rings is 3. The first-order valence-electron chi connectivity index (χ1n) is 9.36. The van der Waals surface area contributed by atoms with Crippen LogP contribution in [0.15, 0.2) is 85.2 Å². The second kappa shape index (κ2) is 8.91. The number of nitrogens with zero attached hydrogens (tertiary/aromatic N) is 2. The highest BCUT2D eigenvalue weighted by Gasteiger charge is 2.11. The molecular weight excluding hydrogens is 382 g/mol. The molecule has 150 valence electrons. The van der Waals surface area contributed by atoms with Crippen LogP contribution < -0.4 is 10.1 Å². The highest BCUT2D eigenvalue weighted by molar-refractivity contribution is 5.93. The summed E-state index contributed by atoms with van der Waals surface area (Å²) in [7, 11) is 0. The first-order valence-corrected chi connectivity index (χ1v) is 9.36. The van der Waals surface area contributed by atoms with Gasteiger partial charge in [0, 0.05) is 11.8 Å². The summed E-state index contributed by atoms with van der Waals surface area (Å²) in [4.78, 5) is 28.5. The van der Waals surface area contributed by atoms with Gasteiger partial charge in [-0.25, -0.2) is 4.98 Å². The van der Waals surface area contributed by atoms with Crippen molar-refractivity contribution in [1.29, 1.82) is 0 Å². The molecule has 1 amide bonds. The van der Waals surface area contributed by atoms with E-state index in [0.717, 1.165) is 11.0 Å². The van der Waals surface area contributed by atoms with Crippen LogP contribution in [0.4, 0.5) is 5.69 Å². The third kappa shape index (κ3) is 4.82. The number of aromatic nitrogens is 2. The van der Waals surface area contributed by atoms with Crippen LogP contribution >= 0.6 is 0 Å². The van der Waals surface area contributed by atoms with Gasteiger partial charge in [-0.2, -0.15) is 0 Å². The fraction of sp³-hybridized carbons (Fsp3) is 0.0870. The molecule has 4 rings (SSSR count). The van der Waals surface area contributed by atoms with Gasteiger partial charge in [-0.15, -0.1) is 0 Å². The average Bonchev–Trinajstić information content (AvgIpc) is 3.16. The number of nitrogens with one attached hydrogen (secondary N) is 1. The van der Waals surface area contributed by atoms with Gasteiger partial charge in [-0.1, -0.05) is 36.4 Å². The van der Waals surface area contributed by atoms with Gasteiger partial charge < -0.3 is 19.4 Å². The molecule has 0 bridgehead atoms. The predicted octanol–water partition coefficient (Wildman–Crippen LogP) is 4.01. The first kappa shape index (κ1) is 19.2. The fourth-order valence-corrected chi connectivity index (χ4v) is 2.93. The molecule has 0 radical (unpaired) electrons. The van der Waals surface area contributed by atoms with E-state index in [9.17, 15) is 9.59 Å². The van der Waals surface area contributed by atoms with Crippen LogP contribution in [0.5, 0.6) is 11.5 Å². The lowest BCUT2D eigenvalue weighted by molar-refractivity contribution is -0.147. The zero-order valence-corrected chi connectivity index (χ0v) is 16.0. The Kier molecular flexibility index (Phi) is 5.70. The molecular formula is C23H19N3O4. The Morgan fingerprint density at radius 2 is 1.67 bits per heavy atom.